The predicted octanol–water partition coefficient (Wildman–Crippen LogP) is 4.28. The van der Waals surface area contributed by atoms with Gasteiger partial charge in [0.05, 0.1) is 26.8 Å². The first-order valence-corrected chi connectivity index (χ1v) is 9.85. The number of nitrogens with zero attached hydrogens (tertiary/aromatic N) is 1. The lowest BCUT2D eigenvalue weighted by molar-refractivity contribution is -0.910. The summed E-state index contributed by atoms with van der Waals surface area (Å²) in [4.78, 5) is 0. The molecule has 3 nitrogen and oxygen atoms in total. The number of hydrogen-bond acceptors (Lipinski definition) is 2. The summed E-state index contributed by atoms with van der Waals surface area (Å²) in [5, 5.41) is 18.3. The van der Waals surface area contributed by atoms with Crippen molar-refractivity contribution in [1.29, 1.82) is 0 Å². The van der Waals surface area contributed by atoms with Gasteiger partial charge in [-0.05, 0) is 32.6 Å². The van der Waals surface area contributed by atoms with Crippen LogP contribution in [0, 0.1) is 0 Å². The normalized spacial score (nSPS) is 12.3. The molecule has 0 aromatic heterocycles. The largest absolute Gasteiger partial charge is 0.391 e. The maximum atomic E-state index is 9.13. The summed E-state index contributed by atoms with van der Waals surface area (Å²) in [5.74, 6) is 0. The Morgan fingerprint density at radius 2 is 1.09 bits per heavy atom. The number of unbranched alkanes of at least 4 members (excludes halogenated alkanes) is 10. The topological polar surface area (TPSA) is 40.5 Å². The maximum absolute atomic E-state index is 9.13. The molecule has 0 atom stereocenters. The molecule has 0 saturated heterocycles. The summed E-state index contributed by atoms with van der Waals surface area (Å²) in [6, 6.07) is 0. The molecule has 0 unspecified atom stereocenters. The fraction of sp³-hybridized carbons (Fsp3) is 0.900. The van der Waals surface area contributed by atoms with E-state index in [1.54, 1.807) is 0 Å². The van der Waals surface area contributed by atoms with Gasteiger partial charge >= 0.3 is 0 Å². The van der Waals surface area contributed by atoms with Crippen LogP contribution in [-0.2, 0) is 0 Å². The average molecular weight is 329 g/mol. The number of likely N-dealkylation sites (N-methyl/N-ethyl adjacent to an activating group) is 1. The number of hydrogen-bond donors (Lipinski definition) is 2. The SMILES string of the molecule is C/C=C/CCCCCCCCCCCC[N+](C)(CCO)CCO. The smallest absolute Gasteiger partial charge is 0.102 e. The molecule has 0 aliphatic carbocycles. The van der Waals surface area contributed by atoms with Crippen LogP contribution in [0.4, 0.5) is 0 Å². The fourth-order valence-electron chi connectivity index (χ4n) is 3.15. The van der Waals surface area contributed by atoms with Crippen LogP contribution in [0.1, 0.15) is 77.6 Å². The fourth-order valence-corrected chi connectivity index (χ4v) is 3.15. The zero-order chi connectivity index (χ0) is 17.2. The monoisotopic (exact) mass is 328 g/mol. The molecule has 0 heterocycles. The van der Waals surface area contributed by atoms with Crippen molar-refractivity contribution in [3.63, 3.8) is 0 Å². The lowest BCUT2D eigenvalue weighted by atomic mass is 10.1. The van der Waals surface area contributed by atoms with Gasteiger partial charge in [-0.2, -0.15) is 0 Å². The van der Waals surface area contributed by atoms with Gasteiger partial charge in [0, 0.05) is 0 Å². The van der Waals surface area contributed by atoms with Gasteiger partial charge in [0.2, 0.25) is 0 Å². The van der Waals surface area contributed by atoms with Crippen LogP contribution in [0.3, 0.4) is 0 Å². The zero-order valence-electron chi connectivity index (χ0n) is 15.8. The first-order valence-electron chi connectivity index (χ1n) is 9.85. The minimum absolute atomic E-state index is 0.214. The third kappa shape index (κ3) is 14.9. The first kappa shape index (κ1) is 22.6. The van der Waals surface area contributed by atoms with Crippen LogP contribution in [0.25, 0.3) is 0 Å². The molecule has 0 aliphatic heterocycles. The average Bonchev–Trinajstić information content (AvgIpc) is 2.52. The van der Waals surface area contributed by atoms with Gasteiger partial charge in [0.1, 0.15) is 13.1 Å². The number of rotatable bonds is 17. The molecule has 138 valence electrons. The molecule has 0 bridgehead atoms. The second-order valence-corrected chi connectivity index (χ2v) is 7.13. The van der Waals surface area contributed by atoms with Crippen LogP contribution >= 0.6 is 0 Å². The van der Waals surface area contributed by atoms with E-state index < -0.39 is 0 Å². The minimum atomic E-state index is 0.214. The molecule has 0 aromatic carbocycles. The van der Waals surface area contributed by atoms with Crippen LogP contribution in [0.15, 0.2) is 12.2 Å². The summed E-state index contributed by atoms with van der Waals surface area (Å²) in [6.45, 7) is 5.12. The number of aliphatic hydroxyl groups excluding tert-OH is 2. The maximum Gasteiger partial charge on any atom is 0.102 e. The zero-order valence-corrected chi connectivity index (χ0v) is 15.8. The molecule has 0 spiro atoms. The summed E-state index contributed by atoms with van der Waals surface area (Å²) in [7, 11) is 2.14. The third-order valence-electron chi connectivity index (χ3n) is 4.83. The van der Waals surface area contributed by atoms with E-state index in [4.69, 9.17) is 10.2 Å². The Balaban J connectivity index is 3.35. The van der Waals surface area contributed by atoms with Crippen molar-refractivity contribution >= 4 is 0 Å². The summed E-state index contributed by atoms with van der Waals surface area (Å²) < 4.78 is 0.806. The van der Waals surface area contributed by atoms with E-state index in [2.05, 4.69) is 26.1 Å². The van der Waals surface area contributed by atoms with Crippen LogP contribution in [0.2, 0.25) is 0 Å². The molecule has 0 radical (unpaired) electrons. The Morgan fingerprint density at radius 1 is 0.652 bits per heavy atom. The van der Waals surface area contributed by atoms with Crippen molar-refractivity contribution in [2.45, 2.75) is 77.6 Å². The number of allylic oxidation sites excluding steroid dienone is 2. The van der Waals surface area contributed by atoms with E-state index >= 15 is 0 Å². The molecule has 0 aliphatic rings. The van der Waals surface area contributed by atoms with Crippen LogP contribution in [-0.4, -0.2) is 54.6 Å². The van der Waals surface area contributed by atoms with Crippen molar-refractivity contribution in [2.24, 2.45) is 0 Å². The Labute approximate surface area is 145 Å². The highest BCUT2D eigenvalue weighted by atomic mass is 16.3. The van der Waals surface area contributed by atoms with Gasteiger partial charge < -0.3 is 14.7 Å². The van der Waals surface area contributed by atoms with Crippen molar-refractivity contribution < 1.29 is 14.7 Å². The van der Waals surface area contributed by atoms with Crippen LogP contribution in [0.5, 0.6) is 0 Å². The summed E-state index contributed by atoms with van der Waals surface area (Å²) in [6.07, 6.45) is 19.2. The molecular formula is C20H42NO2+. The van der Waals surface area contributed by atoms with E-state index in [0.717, 1.165) is 24.1 Å². The van der Waals surface area contributed by atoms with E-state index in [1.165, 1.54) is 70.6 Å². The Kier molecular flexibility index (Phi) is 16.2. The van der Waals surface area contributed by atoms with Crippen molar-refractivity contribution in [2.75, 3.05) is 39.9 Å². The Hall–Kier alpha value is -0.380. The molecule has 3 heteroatoms. The van der Waals surface area contributed by atoms with E-state index in [9.17, 15) is 0 Å². The highest BCUT2D eigenvalue weighted by Crippen LogP contribution is 2.13. The number of aliphatic hydroxyl groups is 2. The second kappa shape index (κ2) is 16.5. The lowest BCUT2D eigenvalue weighted by Gasteiger charge is -2.33. The minimum Gasteiger partial charge on any atom is -0.391 e. The van der Waals surface area contributed by atoms with Gasteiger partial charge in [-0.25, -0.2) is 0 Å². The standard InChI is InChI=1S/C20H42NO2/c1-3-4-5-6-7-8-9-10-11-12-13-14-15-16-21(2,17-19-22)18-20-23/h3-4,22-23H,5-20H2,1-2H3/q+1/b4-3+. The summed E-state index contributed by atoms with van der Waals surface area (Å²) >= 11 is 0. The molecular weight excluding hydrogens is 286 g/mol. The number of quaternary nitrogens is 1. The van der Waals surface area contributed by atoms with Gasteiger partial charge in [-0.1, -0.05) is 57.1 Å². The molecule has 23 heavy (non-hydrogen) atoms. The van der Waals surface area contributed by atoms with Gasteiger partial charge in [0.25, 0.3) is 0 Å². The van der Waals surface area contributed by atoms with Gasteiger partial charge in [-0.15, -0.1) is 0 Å². The van der Waals surface area contributed by atoms with Gasteiger partial charge in [0.15, 0.2) is 0 Å². The van der Waals surface area contributed by atoms with E-state index in [-0.39, 0.29) is 13.2 Å². The quantitative estimate of drug-likeness (QED) is 0.238. The highest BCUT2D eigenvalue weighted by molar-refractivity contribution is 4.76. The van der Waals surface area contributed by atoms with Crippen molar-refractivity contribution in [3.8, 4) is 0 Å². The van der Waals surface area contributed by atoms with E-state index in [0.29, 0.717) is 0 Å². The van der Waals surface area contributed by atoms with E-state index in [1.807, 2.05) is 0 Å². The predicted molar refractivity (Wildman–Crippen MR) is 101 cm³/mol. The van der Waals surface area contributed by atoms with Gasteiger partial charge in [-0.3, -0.25) is 0 Å². The van der Waals surface area contributed by atoms with Crippen molar-refractivity contribution in [3.05, 3.63) is 12.2 Å². The first-order chi connectivity index (χ1) is 11.2. The Bertz CT molecular complexity index is 260. The molecule has 2 N–H and O–H groups in total. The molecule has 0 aromatic rings. The van der Waals surface area contributed by atoms with Crippen molar-refractivity contribution in [1.82, 2.24) is 0 Å². The highest BCUT2D eigenvalue weighted by Gasteiger charge is 2.19. The molecule has 0 fully saturated rings. The lowest BCUT2D eigenvalue weighted by Crippen LogP contribution is -2.48. The second-order valence-electron chi connectivity index (χ2n) is 7.13. The Morgan fingerprint density at radius 3 is 1.52 bits per heavy atom. The summed E-state index contributed by atoms with van der Waals surface area (Å²) in [5.41, 5.74) is 0. The van der Waals surface area contributed by atoms with Crippen LogP contribution < -0.4 is 0 Å². The molecule has 0 amide bonds. The molecule has 0 rings (SSSR count). The third-order valence-corrected chi connectivity index (χ3v) is 4.83. The molecule has 0 saturated carbocycles.